The van der Waals surface area contributed by atoms with Gasteiger partial charge in [-0.2, -0.15) is 0 Å². The van der Waals surface area contributed by atoms with E-state index in [1.54, 1.807) is 18.2 Å². The quantitative estimate of drug-likeness (QED) is 0.447. The van der Waals surface area contributed by atoms with Crippen molar-refractivity contribution < 1.29 is 14.8 Å². The van der Waals surface area contributed by atoms with Crippen molar-refractivity contribution in [3.8, 4) is 0 Å². The summed E-state index contributed by atoms with van der Waals surface area (Å²) in [6.07, 6.45) is 0. The highest BCUT2D eigenvalue weighted by Crippen LogP contribution is 2.33. The molecule has 0 aromatic heterocycles. The first kappa shape index (κ1) is 13.3. The first-order valence-electron chi connectivity index (χ1n) is 5.63. The molecule has 0 bridgehead atoms. The number of benzene rings is 2. The second-order valence-corrected chi connectivity index (χ2v) is 3.98. The fourth-order valence-electron chi connectivity index (χ4n) is 1.79. The first-order chi connectivity index (χ1) is 9.50. The summed E-state index contributed by atoms with van der Waals surface area (Å²) in [5, 5.41) is 22.8. The van der Waals surface area contributed by atoms with Gasteiger partial charge in [0.2, 0.25) is 0 Å². The van der Waals surface area contributed by atoms with Crippen LogP contribution in [0.4, 0.5) is 22.7 Å². The number of carboxylic acid groups (broad SMARTS) is 1. The Morgan fingerprint density at radius 1 is 1.15 bits per heavy atom. The van der Waals surface area contributed by atoms with Gasteiger partial charge in [0.1, 0.15) is 11.4 Å². The molecule has 2 rings (SSSR count). The molecule has 20 heavy (non-hydrogen) atoms. The van der Waals surface area contributed by atoms with Gasteiger partial charge in [0.25, 0.3) is 0 Å². The van der Waals surface area contributed by atoms with Gasteiger partial charge in [0, 0.05) is 0 Å². The zero-order valence-electron chi connectivity index (χ0n) is 10.2. The summed E-state index contributed by atoms with van der Waals surface area (Å²) in [5.41, 5.74) is 5.72. The standard InChI is InChI=1S/C13H11N3O4/c14-9-5-3-7-11(12(9)16(19)20)15-10-6-2-1-4-8(10)13(17)18/h1-7,15H,14H2,(H,17,18). The minimum absolute atomic E-state index is 0.00723. The number of para-hydroxylation sites is 2. The molecule has 0 spiro atoms. The highest BCUT2D eigenvalue weighted by Gasteiger charge is 2.19. The van der Waals surface area contributed by atoms with Gasteiger partial charge in [0.15, 0.2) is 0 Å². The average Bonchev–Trinajstić information content (AvgIpc) is 2.38. The van der Waals surface area contributed by atoms with E-state index >= 15 is 0 Å². The van der Waals surface area contributed by atoms with Gasteiger partial charge in [-0.05, 0) is 24.3 Å². The number of nitrogen functional groups attached to an aromatic ring is 1. The maximum absolute atomic E-state index is 11.1. The topological polar surface area (TPSA) is 118 Å². The summed E-state index contributed by atoms with van der Waals surface area (Å²) < 4.78 is 0. The average molecular weight is 273 g/mol. The van der Waals surface area contributed by atoms with E-state index in [0.29, 0.717) is 0 Å². The van der Waals surface area contributed by atoms with E-state index in [4.69, 9.17) is 10.8 Å². The van der Waals surface area contributed by atoms with Crippen LogP contribution in [0, 0.1) is 10.1 Å². The zero-order chi connectivity index (χ0) is 14.7. The molecule has 0 aliphatic carbocycles. The van der Waals surface area contributed by atoms with E-state index in [1.165, 1.54) is 24.3 Å². The Labute approximate surface area is 113 Å². The van der Waals surface area contributed by atoms with Gasteiger partial charge in [-0.25, -0.2) is 4.79 Å². The molecular formula is C13H11N3O4. The SMILES string of the molecule is Nc1cccc(Nc2ccccc2C(=O)O)c1[N+](=O)[O-]. The number of carboxylic acids is 1. The minimum Gasteiger partial charge on any atom is -0.478 e. The molecule has 0 amide bonds. The number of aromatic carboxylic acids is 1. The lowest BCUT2D eigenvalue weighted by Crippen LogP contribution is -2.05. The number of nitrogens with two attached hydrogens (primary N) is 1. The number of carbonyl (C=O) groups is 1. The number of nitrogens with zero attached hydrogens (tertiary/aromatic N) is 1. The van der Waals surface area contributed by atoms with Crippen LogP contribution in [-0.2, 0) is 0 Å². The number of nitro benzene ring substituents is 1. The van der Waals surface area contributed by atoms with Crippen molar-refractivity contribution in [1.29, 1.82) is 0 Å². The molecule has 4 N–H and O–H groups in total. The third-order valence-electron chi connectivity index (χ3n) is 2.68. The first-order valence-corrected chi connectivity index (χ1v) is 5.63. The van der Waals surface area contributed by atoms with Crippen LogP contribution in [0.1, 0.15) is 10.4 Å². The molecule has 7 heteroatoms. The molecule has 0 fully saturated rings. The highest BCUT2D eigenvalue weighted by molar-refractivity contribution is 5.96. The largest absolute Gasteiger partial charge is 0.478 e. The zero-order valence-corrected chi connectivity index (χ0v) is 10.2. The smallest absolute Gasteiger partial charge is 0.337 e. The predicted molar refractivity (Wildman–Crippen MR) is 74.2 cm³/mol. The molecule has 102 valence electrons. The molecule has 0 heterocycles. The number of rotatable bonds is 4. The van der Waals surface area contributed by atoms with E-state index in [2.05, 4.69) is 5.32 Å². The molecule has 2 aromatic rings. The van der Waals surface area contributed by atoms with Crippen molar-refractivity contribution in [2.45, 2.75) is 0 Å². The second kappa shape index (κ2) is 5.27. The Bertz CT molecular complexity index is 685. The summed E-state index contributed by atoms with van der Waals surface area (Å²) >= 11 is 0. The van der Waals surface area contributed by atoms with Crippen LogP contribution < -0.4 is 11.1 Å². The fraction of sp³-hybridized carbons (Fsp3) is 0. The second-order valence-electron chi connectivity index (χ2n) is 3.98. The van der Waals surface area contributed by atoms with Gasteiger partial charge in [-0.15, -0.1) is 0 Å². The van der Waals surface area contributed by atoms with E-state index in [9.17, 15) is 14.9 Å². The van der Waals surface area contributed by atoms with Crippen LogP contribution in [0.2, 0.25) is 0 Å². The van der Waals surface area contributed by atoms with Crippen molar-refractivity contribution in [1.82, 2.24) is 0 Å². The van der Waals surface area contributed by atoms with Crippen LogP contribution in [0.15, 0.2) is 42.5 Å². The highest BCUT2D eigenvalue weighted by atomic mass is 16.6. The van der Waals surface area contributed by atoms with Crippen molar-refractivity contribution in [2.24, 2.45) is 0 Å². The Balaban J connectivity index is 2.49. The maximum atomic E-state index is 11.1. The normalized spacial score (nSPS) is 10.0. The van der Waals surface area contributed by atoms with Crippen molar-refractivity contribution >= 4 is 28.7 Å². The van der Waals surface area contributed by atoms with Crippen molar-refractivity contribution in [3.63, 3.8) is 0 Å². The minimum atomic E-state index is -1.13. The van der Waals surface area contributed by atoms with Gasteiger partial charge >= 0.3 is 11.7 Å². The summed E-state index contributed by atoms with van der Waals surface area (Å²) in [5.74, 6) is -1.13. The third-order valence-corrected chi connectivity index (χ3v) is 2.68. The molecule has 0 aliphatic rings. The number of nitro groups is 1. The van der Waals surface area contributed by atoms with Gasteiger partial charge < -0.3 is 16.2 Å². The number of hydrogen-bond acceptors (Lipinski definition) is 5. The monoisotopic (exact) mass is 273 g/mol. The molecule has 0 aliphatic heterocycles. The van der Waals surface area contributed by atoms with E-state index < -0.39 is 10.9 Å². The Hall–Kier alpha value is -3.09. The lowest BCUT2D eigenvalue weighted by Gasteiger charge is -2.10. The Morgan fingerprint density at radius 2 is 1.80 bits per heavy atom. The van der Waals surface area contributed by atoms with Crippen LogP contribution >= 0.6 is 0 Å². The Morgan fingerprint density at radius 3 is 2.45 bits per heavy atom. The molecule has 0 unspecified atom stereocenters. The molecular weight excluding hydrogens is 262 g/mol. The molecule has 0 saturated heterocycles. The third kappa shape index (κ3) is 2.51. The van der Waals surface area contributed by atoms with Crippen LogP contribution in [-0.4, -0.2) is 16.0 Å². The van der Waals surface area contributed by atoms with E-state index in [0.717, 1.165) is 0 Å². The summed E-state index contributed by atoms with van der Waals surface area (Å²) in [4.78, 5) is 21.5. The Kier molecular flexibility index (Phi) is 3.52. The lowest BCUT2D eigenvalue weighted by atomic mass is 10.1. The van der Waals surface area contributed by atoms with Crippen LogP contribution in [0.3, 0.4) is 0 Å². The molecule has 0 saturated carbocycles. The summed E-state index contributed by atoms with van der Waals surface area (Å²) in [6.45, 7) is 0. The van der Waals surface area contributed by atoms with Gasteiger partial charge in [-0.1, -0.05) is 18.2 Å². The fourth-order valence-corrected chi connectivity index (χ4v) is 1.79. The van der Waals surface area contributed by atoms with E-state index in [1.807, 2.05) is 0 Å². The number of hydrogen-bond donors (Lipinski definition) is 3. The van der Waals surface area contributed by atoms with Crippen molar-refractivity contribution in [3.05, 3.63) is 58.1 Å². The number of nitrogens with one attached hydrogen (secondary N) is 1. The summed E-state index contributed by atoms with van der Waals surface area (Å²) in [6, 6.07) is 10.6. The van der Waals surface area contributed by atoms with Gasteiger partial charge in [0.05, 0.1) is 16.2 Å². The molecule has 2 aromatic carbocycles. The molecule has 0 radical (unpaired) electrons. The lowest BCUT2D eigenvalue weighted by molar-refractivity contribution is -0.383. The molecule has 7 nitrogen and oxygen atoms in total. The van der Waals surface area contributed by atoms with Crippen molar-refractivity contribution in [2.75, 3.05) is 11.1 Å². The number of anilines is 3. The summed E-state index contributed by atoms with van der Waals surface area (Å²) in [7, 11) is 0. The van der Waals surface area contributed by atoms with Crippen LogP contribution in [0.25, 0.3) is 0 Å². The molecule has 0 atom stereocenters. The van der Waals surface area contributed by atoms with E-state index in [-0.39, 0.29) is 28.3 Å². The van der Waals surface area contributed by atoms with Crippen LogP contribution in [0.5, 0.6) is 0 Å². The predicted octanol–water partition coefficient (Wildman–Crippen LogP) is 2.62. The van der Waals surface area contributed by atoms with Gasteiger partial charge in [-0.3, -0.25) is 10.1 Å². The maximum Gasteiger partial charge on any atom is 0.337 e.